The van der Waals surface area contributed by atoms with E-state index in [4.69, 9.17) is 17.3 Å². The molecule has 0 saturated carbocycles. The molecule has 94 valence electrons. The van der Waals surface area contributed by atoms with Gasteiger partial charge in [0.15, 0.2) is 0 Å². The molecule has 0 bridgehead atoms. The Labute approximate surface area is 110 Å². The number of nitrogens with zero attached hydrogens (tertiary/aromatic N) is 3. The van der Waals surface area contributed by atoms with E-state index >= 15 is 0 Å². The molecular formula is C11H13ClN6. The molecule has 0 amide bonds. The Bertz CT molecular complexity index is 484. The Morgan fingerprint density at radius 1 is 1.11 bits per heavy atom. The molecule has 7 heteroatoms. The minimum Gasteiger partial charge on any atom is -0.368 e. The lowest BCUT2D eigenvalue weighted by Gasteiger charge is -2.08. The van der Waals surface area contributed by atoms with Crippen LogP contribution in [0.25, 0.3) is 0 Å². The Hall–Kier alpha value is -2.08. The van der Waals surface area contributed by atoms with Crippen LogP contribution in [0.3, 0.4) is 0 Å². The molecule has 0 fully saturated rings. The largest absolute Gasteiger partial charge is 0.368 e. The van der Waals surface area contributed by atoms with Crippen LogP contribution in [-0.4, -0.2) is 28.0 Å². The first-order chi connectivity index (χ1) is 8.74. The highest BCUT2D eigenvalue weighted by molar-refractivity contribution is 6.29. The van der Waals surface area contributed by atoms with Gasteiger partial charge >= 0.3 is 0 Å². The van der Waals surface area contributed by atoms with Crippen LogP contribution >= 0.6 is 11.6 Å². The van der Waals surface area contributed by atoms with Gasteiger partial charge in [-0.05, 0) is 12.1 Å². The Balaban J connectivity index is 1.78. The van der Waals surface area contributed by atoms with Crippen molar-refractivity contribution in [2.24, 2.45) is 0 Å². The number of aromatic nitrogens is 3. The summed E-state index contributed by atoms with van der Waals surface area (Å²) in [7, 11) is 0. The molecule has 2 rings (SSSR count). The Morgan fingerprint density at radius 3 is 2.56 bits per heavy atom. The van der Waals surface area contributed by atoms with Crippen molar-refractivity contribution < 1.29 is 0 Å². The maximum absolute atomic E-state index is 5.76. The van der Waals surface area contributed by atoms with Crippen LogP contribution in [-0.2, 0) is 0 Å². The lowest BCUT2D eigenvalue weighted by molar-refractivity contribution is 1.04. The van der Waals surface area contributed by atoms with Gasteiger partial charge < -0.3 is 16.4 Å². The van der Waals surface area contributed by atoms with E-state index in [-0.39, 0.29) is 5.95 Å². The fraction of sp³-hybridized carbons (Fsp3) is 0.182. The number of rotatable bonds is 5. The van der Waals surface area contributed by atoms with Crippen LogP contribution in [0.15, 0.2) is 30.5 Å². The van der Waals surface area contributed by atoms with E-state index in [0.717, 1.165) is 5.82 Å². The van der Waals surface area contributed by atoms with Gasteiger partial charge in [0.1, 0.15) is 16.8 Å². The second kappa shape index (κ2) is 6.02. The standard InChI is InChI=1S/C11H13ClN6/c12-8-7-10(18-11(13)17-8)16-6-5-15-9-3-1-2-4-14-9/h1-4,7H,5-6H2,(H,14,15)(H3,13,16,17,18). The van der Waals surface area contributed by atoms with Gasteiger partial charge in [0.25, 0.3) is 0 Å². The lowest BCUT2D eigenvalue weighted by Crippen LogP contribution is -2.15. The van der Waals surface area contributed by atoms with Gasteiger partial charge in [0.2, 0.25) is 5.95 Å². The van der Waals surface area contributed by atoms with E-state index in [1.54, 1.807) is 12.3 Å². The quantitative estimate of drug-likeness (QED) is 0.562. The van der Waals surface area contributed by atoms with E-state index in [1.165, 1.54) is 0 Å². The van der Waals surface area contributed by atoms with Crippen LogP contribution in [0.2, 0.25) is 5.15 Å². The summed E-state index contributed by atoms with van der Waals surface area (Å²) in [6.45, 7) is 1.38. The monoisotopic (exact) mass is 264 g/mol. The first kappa shape index (κ1) is 12.4. The van der Waals surface area contributed by atoms with Crippen molar-refractivity contribution in [1.82, 2.24) is 15.0 Å². The molecular weight excluding hydrogens is 252 g/mol. The number of pyridine rings is 1. The fourth-order valence-electron chi connectivity index (χ4n) is 1.37. The summed E-state index contributed by atoms with van der Waals surface area (Å²) in [6, 6.07) is 7.32. The van der Waals surface area contributed by atoms with E-state index in [1.807, 2.05) is 18.2 Å². The molecule has 18 heavy (non-hydrogen) atoms. The van der Waals surface area contributed by atoms with Crippen molar-refractivity contribution in [1.29, 1.82) is 0 Å². The van der Waals surface area contributed by atoms with Gasteiger partial charge in [0, 0.05) is 25.4 Å². The van der Waals surface area contributed by atoms with Gasteiger partial charge in [-0.1, -0.05) is 17.7 Å². The molecule has 0 aliphatic rings. The molecule has 0 aliphatic heterocycles. The van der Waals surface area contributed by atoms with Crippen LogP contribution in [0, 0.1) is 0 Å². The second-order valence-corrected chi connectivity index (χ2v) is 3.89. The van der Waals surface area contributed by atoms with E-state index in [2.05, 4.69) is 25.6 Å². The first-order valence-corrected chi connectivity index (χ1v) is 5.80. The van der Waals surface area contributed by atoms with Crippen molar-refractivity contribution in [2.45, 2.75) is 0 Å². The molecule has 2 aromatic heterocycles. The summed E-state index contributed by atoms with van der Waals surface area (Å²) in [5.74, 6) is 1.59. The molecule has 0 spiro atoms. The summed E-state index contributed by atoms with van der Waals surface area (Å²) in [4.78, 5) is 11.9. The van der Waals surface area contributed by atoms with E-state index < -0.39 is 0 Å². The highest BCUT2D eigenvalue weighted by Gasteiger charge is 1.99. The van der Waals surface area contributed by atoms with Gasteiger partial charge in [-0.25, -0.2) is 9.97 Å². The van der Waals surface area contributed by atoms with Crippen molar-refractivity contribution in [3.8, 4) is 0 Å². The molecule has 0 atom stereocenters. The third-order valence-electron chi connectivity index (χ3n) is 2.11. The second-order valence-electron chi connectivity index (χ2n) is 3.50. The molecule has 2 heterocycles. The average molecular weight is 265 g/mol. The number of hydrogen-bond acceptors (Lipinski definition) is 6. The Morgan fingerprint density at radius 2 is 1.89 bits per heavy atom. The van der Waals surface area contributed by atoms with Crippen molar-refractivity contribution in [3.63, 3.8) is 0 Å². The number of hydrogen-bond donors (Lipinski definition) is 3. The minimum absolute atomic E-state index is 0.155. The molecule has 2 aromatic rings. The minimum atomic E-state index is 0.155. The third kappa shape index (κ3) is 3.74. The van der Waals surface area contributed by atoms with Gasteiger partial charge in [-0.3, -0.25) is 0 Å². The van der Waals surface area contributed by atoms with E-state index in [0.29, 0.717) is 24.1 Å². The number of nitrogens with one attached hydrogen (secondary N) is 2. The van der Waals surface area contributed by atoms with Crippen molar-refractivity contribution in [3.05, 3.63) is 35.6 Å². The van der Waals surface area contributed by atoms with Crippen LogP contribution in [0.4, 0.5) is 17.6 Å². The van der Waals surface area contributed by atoms with Crippen molar-refractivity contribution >= 4 is 29.2 Å². The predicted octanol–water partition coefficient (Wildman–Crippen LogP) is 1.63. The smallest absolute Gasteiger partial charge is 0.223 e. The third-order valence-corrected chi connectivity index (χ3v) is 2.31. The van der Waals surface area contributed by atoms with Crippen LogP contribution < -0.4 is 16.4 Å². The summed E-state index contributed by atoms with van der Waals surface area (Å²) in [5, 5.41) is 6.58. The maximum atomic E-state index is 5.76. The number of anilines is 3. The number of nitrogen functional groups attached to an aromatic ring is 1. The summed E-state index contributed by atoms with van der Waals surface area (Å²) in [6.07, 6.45) is 1.74. The van der Waals surface area contributed by atoms with Crippen LogP contribution in [0.5, 0.6) is 0 Å². The highest BCUT2D eigenvalue weighted by Crippen LogP contribution is 2.11. The summed E-state index contributed by atoms with van der Waals surface area (Å²) in [5.41, 5.74) is 5.48. The normalized spacial score (nSPS) is 10.1. The SMILES string of the molecule is Nc1nc(Cl)cc(NCCNc2ccccn2)n1. The zero-order chi connectivity index (χ0) is 12.8. The molecule has 0 radical (unpaired) electrons. The zero-order valence-corrected chi connectivity index (χ0v) is 10.4. The molecule has 6 nitrogen and oxygen atoms in total. The number of nitrogens with two attached hydrogens (primary N) is 1. The lowest BCUT2D eigenvalue weighted by atomic mass is 10.4. The molecule has 0 saturated heterocycles. The zero-order valence-electron chi connectivity index (χ0n) is 9.60. The van der Waals surface area contributed by atoms with Gasteiger partial charge in [-0.15, -0.1) is 0 Å². The Kier molecular flexibility index (Phi) is 4.14. The number of halogens is 1. The molecule has 4 N–H and O–H groups in total. The maximum Gasteiger partial charge on any atom is 0.223 e. The highest BCUT2D eigenvalue weighted by atomic mass is 35.5. The predicted molar refractivity (Wildman–Crippen MR) is 72.7 cm³/mol. The van der Waals surface area contributed by atoms with Gasteiger partial charge in [-0.2, -0.15) is 4.98 Å². The van der Waals surface area contributed by atoms with Crippen molar-refractivity contribution in [2.75, 3.05) is 29.5 Å². The van der Waals surface area contributed by atoms with Crippen LogP contribution in [0.1, 0.15) is 0 Å². The molecule has 0 aliphatic carbocycles. The molecule has 0 unspecified atom stereocenters. The van der Waals surface area contributed by atoms with E-state index in [9.17, 15) is 0 Å². The summed E-state index contributed by atoms with van der Waals surface area (Å²) >= 11 is 5.76. The van der Waals surface area contributed by atoms with Gasteiger partial charge in [0.05, 0.1) is 0 Å². The fourth-order valence-corrected chi connectivity index (χ4v) is 1.56. The first-order valence-electron chi connectivity index (χ1n) is 5.43. The average Bonchev–Trinajstić information content (AvgIpc) is 2.35. The summed E-state index contributed by atoms with van der Waals surface area (Å²) < 4.78 is 0. The topological polar surface area (TPSA) is 88.8 Å². The molecule has 0 aromatic carbocycles.